The van der Waals surface area contributed by atoms with Gasteiger partial charge in [-0.2, -0.15) is 0 Å². The van der Waals surface area contributed by atoms with E-state index in [0.717, 1.165) is 4.57 Å². The lowest BCUT2D eigenvalue weighted by Gasteiger charge is -2.13. The molecule has 2 aromatic carbocycles. The molecule has 0 unspecified atom stereocenters. The van der Waals surface area contributed by atoms with Crippen LogP contribution < -0.4 is 11.1 Å². The Morgan fingerprint density at radius 3 is 2.48 bits per heavy atom. The van der Waals surface area contributed by atoms with Gasteiger partial charge in [-0.3, -0.25) is 19.0 Å². The van der Waals surface area contributed by atoms with Gasteiger partial charge in [0.15, 0.2) is 0 Å². The number of hydrogen-bond donors (Lipinski definition) is 2. The van der Waals surface area contributed by atoms with E-state index in [1.165, 1.54) is 6.07 Å². The third-order valence-corrected chi connectivity index (χ3v) is 4.11. The average molecular weight is 310 g/mol. The molecule has 0 atom stereocenters. The summed E-state index contributed by atoms with van der Waals surface area (Å²) >= 11 is 0. The van der Waals surface area contributed by atoms with Crippen LogP contribution in [-0.2, 0) is 11.3 Å². The third kappa shape index (κ3) is 1.70. The highest BCUT2D eigenvalue weighted by molar-refractivity contribution is 6.23. The molecule has 2 heterocycles. The number of carboxylic acids is 1. The zero-order valence-corrected chi connectivity index (χ0v) is 11.7. The molecule has 0 saturated carbocycles. The molecule has 0 aliphatic heterocycles. The number of aromatic nitrogens is 2. The van der Waals surface area contributed by atoms with Crippen molar-refractivity contribution >= 4 is 38.4 Å². The predicted molar refractivity (Wildman–Crippen MR) is 83.6 cm³/mol. The van der Waals surface area contributed by atoms with Gasteiger partial charge >= 0.3 is 5.97 Å². The fourth-order valence-corrected chi connectivity index (χ4v) is 3.08. The summed E-state index contributed by atoms with van der Waals surface area (Å²) < 4.78 is 1.04. The molecule has 4 rings (SSSR count). The highest BCUT2D eigenvalue weighted by Gasteiger charge is 2.20. The molecule has 0 aliphatic carbocycles. The molecule has 0 aliphatic rings. The van der Waals surface area contributed by atoms with Crippen LogP contribution in [0.5, 0.6) is 5.88 Å². The van der Waals surface area contributed by atoms with Crippen molar-refractivity contribution in [3.8, 4) is 5.88 Å². The first-order valence-corrected chi connectivity index (χ1v) is 6.95. The molecule has 0 fully saturated rings. The summed E-state index contributed by atoms with van der Waals surface area (Å²) in [5.74, 6) is -1.36. The zero-order chi connectivity index (χ0) is 16.3. The Kier molecular flexibility index (Phi) is 2.57. The SMILES string of the molecule is O=C(O)CCn1c(O)c2ccc3nc(=O)c4ccc(c1=O)c2c34. The van der Waals surface area contributed by atoms with E-state index in [-0.39, 0.29) is 24.4 Å². The van der Waals surface area contributed by atoms with E-state index < -0.39 is 11.5 Å². The summed E-state index contributed by atoms with van der Waals surface area (Å²) in [5, 5.41) is 21.4. The number of aromatic hydroxyl groups is 1. The summed E-state index contributed by atoms with van der Waals surface area (Å²) in [4.78, 5) is 39.2. The number of hydrogen-bond acceptors (Lipinski definition) is 5. The van der Waals surface area contributed by atoms with Crippen LogP contribution in [-0.4, -0.2) is 25.7 Å². The number of rotatable bonds is 3. The van der Waals surface area contributed by atoms with Gasteiger partial charge in [-0.05, 0) is 24.3 Å². The lowest BCUT2D eigenvalue weighted by atomic mass is 10.00. The van der Waals surface area contributed by atoms with Crippen LogP contribution in [0.2, 0.25) is 0 Å². The Morgan fingerprint density at radius 1 is 1.04 bits per heavy atom. The van der Waals surface area contributed by atoms with Gasteiger partial charge in [0.05, 0.1) is 17.3 Å². The minimum absolute atomic E-state index is 0.131. The molecule has 7 nitrogen and oxygen atoms in total. The van der Waals surface area contributed by atoms with Crippen molar-refractivity contribution < 1.29 is 15.0 Å². The first-order chi connectivity index (χ1) is 11.0. The van der Waals surface area contributed by atoms with Crippen LogP contribution in [0.25, 0.3) is 32.4 Å². The highest BCUT2D eigenvalue weighted by Crippen LogP contribution is 2.35. The predicted octanol–water partition coefficient (Wildman–Crippen LogP) is 1.12. The van der Waals surface area contributed by atoms with Gasteiger partial charge in [0, 0.05) is 28.1 Å². The topological polar surface area (TPSA) is 109 Å². The second-order valence-electron chi connectivity index (χ2n) is 5.38. The van der Waals surface area contributed by atoms with Gasteiger partial charge in [-0.1, -0.05) is 0 Å². The van der Waals surface area contributed by atoms with E-state index in [9.17, 15) is 19.5 Å². The number of aliphatic carboxylic acids is 1. The molecular formula is C16H10N2O5. The van der Waals surface area contributed by atoms with Crippen molar-refractivity contribution in [2.24, 2.45) is 0 Å². The van der Waals surface area contributed by atoms with E-state index in [1.807, 2.05) is 0 Å². The van der Waals surface area contributed by atoms with Gasteiger partial charge < -0.3 is 10.2 Å². The van der Waals surface area contributed by atoms with E-state index >= 15 is 0 Å². The lowest BCUT2D eigenvalue weighted by molar-refractivity contribution is -0.137. The van der Waals surface area contributed by atoms with Crippen molar-refractivity contribution in [3.05, 3.63) is 45.0 Å². The first-order valence-electron chi connectivity index (χ1n) is 6.95. The van der Waals surface area contributed by atoms with Crippen LogP contribution in [0.3, 0.4) is 0 Å². The van der Waals surface area contributed by atoms with Crippen molar-refractivity contribution in [1.29, 1.82) is 0 Å². The number of carboxylic acid groups (broad SMARTS) is 1. The highest BCUT2D eigenvalue weighted by atomic mass is 16.4. The molecule has 0 spiro atoms. The van der Waals surface area contributed by atoms with Crippen molar-refractivity contribution in [3.63, 3.8) is 0 Å². The maximum atomic E-state index is 12.6. The maximum Gasteiger partial charge on any atom is 0.305 e. The van der Waals surface area contributed by atoms with Gasteiger partial charge in [-0.25, -0.2) is 4.98 Å². The Bertz CT molecular complexity index is 1190. The fraction of sp³-hybridized carbons (Fsp3) is 0.125. The van der Waals surface area contributed by atoms with E-state index in [0.29, 0.717) is 32.4 Å². The number of carbonyl (C=O) groups is 1. The van der Waals surface area contributed by atoms with Crippen LogP contribution in [0.1, 0.15) is 6.42 Å². The second-order valence-corrected chi connectivity index (χ2v) is 5.38. The minimum Gasteiger partial charge on any atom is -0.494 e. The first kappa shape index (κ1) is 13.4. The lowest BCUT2D eigenvalue weighted by Crippen LogP contribution is -2.22. The van der Waals surface area contributed by atoms with Gasteiger partial charge in [0.25, 0.3) is 11.1 Å². The van der Waals surface area contributed by atoms with Gasteiger partial charge in [-0.15, -0.1) is 0 Å². The molecule has 0 amide bonds. The fourth-order valence-electron chi connectivity index (χ4n) is 3.08. The van der Waals surface area contributed by atoms with Crippen LogP contribution in [0.15, 0.2) is 33.9 Å². The van der Waals surface area contributed by atoms with Crippen molar-refractivity contribution in [2.75, 3.05) is 0 Å². The van der Waals surface area contributed by atoms with E-state index in [1.54, 1.807) is 18.2 Å². The average Bonchev–Trinajstić information content (AvgIpc) is 2.84. The molecule has 23 heavy (non-hydrogen) atoms. The summed E-state index contributed by atoms with van der Waals surface area (Å²) in [6.07, 6.45) is -0.280. The van der Waals surface area contributed by atoms with Crippen LogP contribution in [0.4, 0.5) is 0 Å². The zero-order valence-electron chi connectivity index (χ0n) is 11.7. The Balaban J connectivity index is 2.18. The molecule has 7 heteroatoms. The summed E-state index contributed by atoms with van der Waals surface area (Å²) in [6.45, 7) is -0.131. The summed E-state index contributed by atoms with van der Waals surface area (Å²) in [7, 11) is 0. The third-order valence-electron chi connectivity index (χ3n) is 4.11. The Hall–Kier alpha value is -3.22. The van der Waals surface area contributed by atoms with Gasteiger partial charge in [0.1, 0.15) is 0 Å². The molecule has 114 valence electrons. The van der Waals surface area contributed by atoms with E-state index in [2.05, 4.69) is 4.98 Å². The monoisotopic (exact) mass is 310 g/mol. The maximum absolute atomic E-state index is 12.6. The molecule has 4 aromatic rings. The van der Waals surface area contributed by atoms with Gasteiger partial charge in [0.2, 0.25) is 5.88 Å². The smallest absolute Gasteiger partial charge is 0.305 e. The minimum atomic E-state index is -1.06. The number of benzene rings is 2. The number of nitrogens with zero attached hydrogens (tertiary/aromatic N) is 2. The van der Waals surface area contributed by atoms with E-state index in [4.69, 9.17) is 5.11 Å². The van der Waals surface area contributed by atoms with Crippen LogP contribution in [0, 0.1) is 0 Å². The number of pyridine rings is 1. The Labute approximate surface area is 127 Å². The summed E-state index contributed by atoms with van der Waals surface area (Å²) in [6, 6.07) is 6.26. The van der Waals surface area contributed by atoms with Crippen LogP contribution >= 0.6 is 0 Å². The molecule has 2 N–H and O–H groups in total. The molecular weight excluding hydrogens is 300 g/mol. The molecule has 0 saturated heterocycles. The quantitative estimate of drug-likeness (QED) is 0.587. The molecule has 0 bridgehead atoms. The largest absolute Gasteiger partial charge is 0.494 e. The molecule has 2 aromatic heterocycles. The van der Waals surface area contributed by atoms with Crippen molar-refractivity contribution in [2.45, 2.75) is 13.0 Å². The summed E-state index contributed by atoms with van der Waals surface area (Å²) in [5.41, 5.74) is -0.381. The Morgan fingerprint density at radius 2 is 1.74 bits per heavy atom. The molecule has 0 radical (unpaired) electrons. The second kappa shape index (κ2) is 4.39. The van der Waals surface area contributed by atoms with Crippen molar-refractivity contribution in [1.82, 2.24) is 9.55 Å². The standard InChI is InChI=1S/C16H10N2O5/c19-11(20)5-6-18-15(22)8-2-1-7-13-10(17-14(7)21)4-3-9(12(8)13)16(18)23/h1-4,23H,5-6H2,(H,19,20). The normalized spacial score (nSPS) is 11.8.